The highest BCUT2D eigenvalue weighted by molar-refractivity contribution is 3.70. The SMILES string of the molecule is [O-]/[NH+]=[NH+]/[O-]. The fourth-order valence-electron chi connectivity index (χ4n) is 0. The Morgan fingerprint density at radius 1 is 1.00 bits per heavy atom. The molecule has 0 aliphatic carbocycles. The van der Waals surface area contributed by atoms with Crippen LogP contribution in [0.25, 0.3) is 0 Å². The molecule has 0 aromatic rings. The van der Waals surface area contributed by atoms with Crippen molar-refractivity contribution in [2.75, 3.05) is 0 Å². The van der Waals surface area contributed by atoms with Crippen LogP contribution in [0.3, 0.4) is 0 Å². The minimum atomic E-state index is 0.875. The van der Waals surface area contributed by atoms with E-state index in [-0.39, 0.29) is 0 Å². The normalized spacial score (nSPS) is 9.00. The predicted molar refractivity (Wildman–Crippen MR) is 8.66 cm³/mol. The van der Waals surface area contributed by atoms with E-state index in [9.17, 15) is 0 Å². The second-order valence-electron chi connectivity index (χ2n) is 0.204. The maximum absolute atomic E-state index is 8.62. The van der Waals surface area contributed by atoms with Gasteiger partial charge in [0, 0.05) is 10.6 Å². The minimum absolute atomic E-state index is 0.875. The highest BCUT2D eigenvalue weighted by Gasteiger charge is 1.27. The van der Waals surface area contributed by atoms with Crippen LogP contribution in [-0.4, -0.2) is 0 Å². The van der Waals surface area contributed by atoms with Gasteiger partial charge in [0.1, 0.15) is 0 Å². The summed E-state index contributed by atoms with van der Waals surface area (Å²) in [4.78, 5) is 0. The van der Waals surface area contributed by atoms with E-state index in [1.54, 1.807) is 0 Å². The molecule has 0 atom stereocenters. The lowest BCUT2D eigenvalue weighted by molar-refractivity contribution is -0.939. The largest absolute Gasteiger partial charge is 0.569 e. The van der Waals surface area contributed by atoms with Crippen LogP contribution >= 0.6 is 0 Å². The number of hydrogen-bond acceptors (Lipinski definition) is 2. The molecule has 0 aromatic carbocycles. The van der Waals surface area contributed by atoms with Gasteiger partial charge in [-0.15, -0.1) is 0 Å². The van der Waals surface area contributed by atoms with E-state index in [2.05, 4.69) is 0 Å². The van der Waals surface area contributed by atoms with Gasteiger partial charge >= 0.3 is 0 Å². The highest BCUT2D eigenvalue weighted by atomic mass is 16.5. The Kier molecular flexibility index (Phi) is 1.76. The second kappa shape index (κ2) is 2.20. The Morgan fingerprint density at radius 2 is 1.25 bits per heavy atom. The first kappa shape index (κ1) is 3.20. The molecule has 0 bridgehead atoms. The minimum Gasteiger partial charge on any atom is -0.569 e. The lowest BCUT2D eigenvalue weighted by Crippen LogP contribution is -2.99. The third-order valence-electron chi connectivity index (χ3n) is 0.0417. The molecular formula is H2N2O2. The summed E-state index contributed by atoms with van der Waals surface area (Å²) in [5.74, 6) is 0. The lowest BCUT2D eigenvalue weighted by Gasteiger charge is -1.63. The Morgan fingerprint density at radius 3 is 1.25 bits per heavy atom. The van der Waals surface area contributed by atoms with E-state index in [0.29, 0.717) is 0 Å². The van der Waals surface area contributed by atoms with Crippen molar-refractivity contribution in [3.8, 4) is 0 Å². The molecule has 4 heteroatoms. The van der Waals surface area contributed by atoms with Crippen molar-refractivity contribution in [2.45, 2.75) is 0 Å². The van der Waals surface area contributed by atoms with E-state index < -0.39 is 0 Å². The molecule has 0 fully saturated rings. The average Bonchev–Trinajstić information content (AvgIpc) is 1.37. The average molecular weight is 62.0 g/mol. The van der Waals surface area contributed by atoms with Crippen molar-refractivity contribution in [2.24, 2.45) is 0 Å². The number of rotatable bonds is 0. The second-order valence-corrected chi connectivity index (χ2v) is 0.204. The van der Waals surface area contributed by atoms with Gasteiger partial charge in [0.2, 0.25) is 0 Å². The summed E-state index contributed by atoms with van der Waals surface area (Å²) in [6.45, 7) is 0. The van der Waals surface area contributed by atoms with Crippen LogP contribution < -0.4 is 10.6 Å². The molecule has 0 heterocycles. The van der Waals surface area contributed by atoms with Gasteiger partial charge in [-0.3, -0.25) is 0 Å². The monoisotopic (exact) mass is 62.0 g/mol. The molecule has 4 heavy (non-hydrogen) atoms. The number of nitrogens with one attached hydrogen (secondary N) is 2. The fraction of sp³-hybridized carbons (Fsp3) is 0. The zero-order chi connectivity index (χ0) is 3.41. The Hall–Kier alpha value is -0.800. The van der Waals surface area contributed by atoms with Crippen molar-refractivity contribution in [1.82, 2.24) is 0 Å². The predicted octanol–water partition coefficient (Wildman–Crippen LogP) is -3.40. The molecule has 0 aliphatic heterocycles. The van der Waals surface area contributed by atoms with Crippen LogP contribution in [0.15, 0.2) is 0 Å². The van der Waals surface area contributed by atoms with Gasteiger partial charge < -0.3 is 10.4 Å². The van der Waals surface area contributed by atoms with E-state index in [1.165, 1.54) is 0 Å². The molecule has 0 rings (SSSR count). The highest BCUT2D eigenvalue weighted by Crippen LogP contribution is 0.583. The van der Waals surface area contributed by atoms with Gasteiger partial charge in [-0.1, -0.05) is 0 Å². The van der Waals surface area contributed by atoms with Gasteiger partial charge in [0.05, 0.1) is 0 Å². The van der Waals surface area contributed by atoms with Crippen LogP contribution in [-0.2, 0) is 0 Å². The third-order valence-corrected chi connectivity index (χ3v) is 0.0417. The van der Waals surface area contributed by atoms with Crippen molar-refractivity contribution in [3.05, 3.63) is 10.4 Å². The molecule has 0 amide bonds. The molecule has 0 radical (unpaired) electrons. The van der Waals surface area contributed by atoms with E-state index in [0.717, 1.165) is 10.6 Å². The topological polar surface area (TPSA) is 74.1 Å². The third kappa shape index (κ3) is 1.20. The van der Waals surface area contributed by atoms with Crippen molar-refractivity contribution >= 4 is 0 Å². The summed E-state index contributed by atoms with van der Waals surface area (Å²) in [5.41, 5.74) is 0. The molecule has 0 saturated heterocycles. The summed E-state index contributed by atoms with van der Waals surface area (Å²) in [6.07, 6.45) is 0. The molecule has 24 valence electrons. The zero-order valence-electron chi connectivity index (χ0n) is 1.82. The fourth-order valence-corrected chi connectivity index (χ4v) is 0. The molecule has 0 aromatic heterocycles. The van der Waals surface area contributed by atoms with Crippen LogP contribution in [0.5, 0.6) is 0 Å². The van der Waals surface area contributed by atoms with Gasteiger partial charge in [-0.2, -0.15) is 0 Å². The van der Waals surface area contributed by atoms with E-state index in [4.69, 9.17) is 10.4 Å². The first-order valence-corrected chi connectivity index (χ1v) is 0.658. The molecular weight excluding hydrogens is 60.0 g/mol. The Labute approximate surface area is 22.3 Å². The summed E-state index contributed by atoms with van der Waals surface area (Å²) in [5, 5.41) is 19.0. The molecule has 0 unspecified atom stereocenters. The van der Waals surface area contributed by atoms with Crippen LogP contribution in [0, 0.1) is 10.4 Å². The molecule has 0 spiro atoms. The van der Waals surface area contributed by atoms with Gasteiger partial charge in [0.25, 0.3) is 0 Å². The van der Waals surface area contributed by atoms with Crippen molar-refractivity contribution in [1.29, 1.82) is 0 Å². The first-order valence-electron chi connectivity index (χ1n) is 0.658. The quantitative estimate of drug-likeness (QED) is 0.227. The van der Waals surface area contributed by atoms with E-state index in [1.807, 2.05) is 0 Å². The number of hydrogen-bond donors (Lipinski definition) is 2. The van der Waals surface area contributed by atoms with Crippen LogP contribution in [0.1, 0.15) is 0 Å². The maximum Gasteiger partial charge on any atom is 0.0161 e. The summed E-state index contributed by atoms with van der Waals surface area (Å²) in [7, 11) is 0. The van der Waals surface area contributed by atoms with Gasteiger partial charge in [-0.05, 0) is 0 Å². The summed E-state index contributed by atoms with van der Waals surface area (Å²) < 4.78 is 0. The zero-order valence-corrected chi connectivity index (χ0v) is 1.82. The molecule has 4 nitrogen and oxygen atoms in total. The molecule has 0 aliphatic rings. The lowest BCUT2D eigenvalue weighted by atomic mass is 13.0. The maximum atomic E-state index is 8.62. The van der Waals surface area contributed by atoms with E-state index >= 15 is 0 Å². The summed E-state index contributed by atoms with van der Waals surface area (Å²) in [6, 6.07) is 0. The van der Waals surface area contributed by atoms with Crippen LogP contribution in [0.2, 0.25) is 0 Å². The smallest absolute Gasteiger partial charge is 0.0161 e. The standard InChI is InChI=1S/H2N2O2/c3-1-2-4/h1-2H/b2-1+. The van der Waals surface area contributed by atoms with Crippen molar-refractivity contribution < 1.29 is 10.6 Å². The van der Waals surface area contributed by atoms with Crippen molar-refractivity contribution in [3.63, 3.8) is 0 Å². The Bertz CT molecular complexity index is 19.2. The molecule has 2 N–H and O–H groups in total. The first-order chi connectivity index (χ1) is 1.91. The summed E-state index contributed by atoms with van der Waals surface area (Å²) >= 11 is 0. The van der Waals surface area contributed by atoms with Gasteiger partial charge in [0.15, 0.2) is 0 Å². The van der Waals surface area contributed by atoms with Gasteiger partial charge in [-0.25, -0.2) is 0 Å². The van der Waals surface area contributed by atoms with Crippen LogP contribution in [0.4, 0.5) is 0 Å². The molecule has 0 saturated carbocycles. The Balaban J connectivity index is 2.55.